The predicted molar refractivity (Wildman–Crippen MR) is 81.3 cm³/mol. The molecule has 2 rings (SSSR count). The highest BCUT2D eigenvalue weighted by Gasteiger charge is 2.25. The molecule has 0 spiro atoms. The van der Waals surface area contributed by atoms with Gasteiger partial charge in [-0.1, -0.05) is 12.1 Å². The first-order valence-corrected chi connectivity index (χ1v) is 7.96. The zero-order valence-corrected chi connectivity index (χ0v) is 13.6. The van der Waals surface area contributed by atoms with Crippen LogP contribution in [0.15, 0.2) is 29.2 Å². The maximum absolute atomic E-state index is 12.5. The normalized spacial score (nSPS) is 11.3. The lowest BCUT2D eigenvalue weighted by Crippen LogP contribution is -2.16. The molecule has 0 aliphatic rings. The molecular weight excluding hydrogens is 306 g/mol. The second-order valence-electron chi connectivity index (χ2n) is 4.85. The van der Waals surface area contributed by atoms with Gasteiger partial charge < -0.3 is 4.74 Å². The van der Waals surface area contributed by atoms with Crippen molar-refractivity contribution in [2.45, 2.75) is 18.7 Å². The van der Waals surface area contributed by atoms with Crippen molar-refractivity contribution in [1.29, 1.82) is 0 Å². The van der Waals surface area contributed by atoms with Crippen molar-refractivity contribution in [3.8, 4) is 0 Å². The van der Waals surface area contributed by atoms with Crippen molar-refractivity contribution >= 4 is 21.7 Å². The van der Waals surface area contributed by atoms with Gasteiger partial charge in [-0.05, 0) is 31.5 Å². The summed E-state index contributed by atoms with van der Waals surface area (Å²) in [6.45, 7) is 3.46. The molecule has 2 aromatic rings. The molecule has 22 heavy (non-hydrogen) atoms. The Morgan fingerprint density at radius 2 is 2.00 bits per heavy atom. The van der Waals surface area contributed by atoms with Gasteiger partial charge in [-0.3, -0.25) is 9.40 Å². The number of methoxy groups -OCH3 is 1. The van der Waals surface area contributed by atoms with E-state index in [0.29, 0.717) is 5.69 Å². The molecule has 1 heterocycles. The SMILES string of the molecule is COC(=O)c1nn(C)c(C)c1NS(=O)(=O)c1cccc(C)c1. The largest absolute Gasteiger partial charge is 0.464 e. The average molecular weight is 323 g/mol. The number of carbonyl (C=O) groups excluding carboxylic acids is 1. The molecule has 0 atom stereocenters. The van der Waals surface area contributed by atoms with Gasteiger partial charge in [0.05, 0.1) is 17.7 Å². The molecule has 1 aromatic carbocycles. The van der Waals surface area contributed by atoms with Gasteiger partial charge in [0.2, 0.25) is 0 Å². The Morgan fingerprint density at radius 3 is 2.59 bits per heavy atom. The molecule has 0 aliphatic carbocycles. The van der Waals surface area contributed by atoms with E-state index in [4.69, 9.17) is 0 Å². The third kappa shape index (κ3) is 2.96. The van der Waals surface area contributed by atoms with Gasteiger partial charge in [0.25, 0.3) is 10.0 Å². The van der Waals surface area contributed by atoms with E-state index in [2.05, 4.69) is 14.6 Å². The van der Waals surface area contributed by atoms with Crippen LogP contribution in [0, 0.1) is 13.8 Å². The Balaban J connectivity index is 2.48. The molecule has 0 saturated carbocycles. The van der Waals surface area contributed by atoms with Crippen molar-refractivity contribution < 1.29 is 17.9 Å². The molecule has 1 aromatic heterocycles. The van der Waals surface area contributed by atoms with E-state index < -0.39 is 16.0 Å². The lowest BCUT2D eigenvalue weighted by atomic mass is 10.2. The summed E-state index contributed by atoms with van der Waals surface area (Å²) in [7, 11) is -0.990. The first kappa shape index (κ1) is 16.0. The first-order valence-electron chi connectivity index (χ1n) is 6.47. The summed E-state index contributed by atoms with van der Waals surface area (Å²) in [6.07, 6.45) is 0. The standard InChI is InChI=1S/C14H17N3O4S/c1-9-6-5-7-11(8-9)22(19,20)16-12-10(2)17(3)15-13(12)14(18)21-4/h5-8,16H,1-4H3. The van der Waals surface area contributed by atoms with E-state index in [1.54, 1.807) is 39.1 Å². The van der Waals surface area contributed by atoms with Crippen LogP contribution in [0.5, 0.6) is 0 Å². The van der Waals surface area contributed by atoms with Crippen LogP contribution in [0.2, 0.25) is 0 Å². The maximum atomic E-state index is 12.5. The molecule has 0 fully saturated rings. The molecule has 8 heteroatoms. The smallest absolute Gasteiger partial charge is 0.360 e. The number of nitrogens with one attached hydrogen (secondary N) is 1. The molecule has 0 saturated heterocycles. The number of nitrogens with zero attached hydrogens (tertiary/aromatic N) is 2. The molecule has 0 unspecified atom stereocenters. The molecule has 7 nitrogen and oxygen atoms in total. The quantitative estimate of drug-likeness (QED) is 0.864. The Morgan fingerprint density at radius 1 is 1.32 bits per heavy atom. The van der Waals surface area contributed by atoms with Crippen LogP contribution in [-0.2, 0) is 21.8 Å². The van der Waals surface area contributed by atoms with Gasteiger partial charge in [0, 0.05) is 7.05 Å². The zero-order chi connectivity index (χ0) is 16.5. The van der Waals surface area contributed by atoms with E-state index in [1.165, 1.54) is 17.9 Å². The number of rotatable bonds is 4. The van der Waals surface area contributed by atoms with Crippen LogP contribution < -0.4 is 4.72 Å². The highest BCUT2D eigenvalue weighted by molar-refractivity contribution is 7.92. The van der Waals surface area contributed by atoms with E-state index in [-0.39, 0.29) is 16.3 Å². The summed E-state index contributed by atoms with van der Waals surface area (Å²) in [5.74, 6) is -0.703. The average Bonchev–Trinajstić information content (AvgIpc) is 2.74. The van der Waals surface area contributed by atoms with Crippen LogP contribution in [0.3, 0.4) is 0 Å². The second kappa shape index (κ2) is 5.80. The highest BCUT2D eigenvalue weighted by Crippen LogP contribution is 2.24. The van der Waals surface area contributed by atoms with Crippen LogP contribution in [0.4, 0.5) is 5.69 Å². The van der Waals surface area contributed by atoms with Crippen LogP contribution in [0.25, 0.3) is 0 Å². The van der Waals surface area contributed by atoms with Crippen molar-refractivity contribution in [3.05, 3.63) is 41.2 Å². The number of hydrogen-bond acceptors (Lipinski definition) is 5. The number of carbonyl (C=O) groups is 1. The Bertz CT molecular complexity index is 825. The summed E-state index contributed by atoms with van der Waals surface area (Å²) in [5, 5.41) is 3.99. The van der Waals surface area contributed by atoms with Crippen molar-refractivity contribution in [1.82, 2.24) is 9.78 Å². The summed E-state index contributed by atoms with van der Waals surface area (Å²) in [5.41, 5.74) is 1.38. The molecule has 1 N–H and O–H groups in total. The molecule has 0 bridgehead atoms. The van der Waals surface area contributed by atoms with Crippen LogP contribution in [0.1, 0.15) is 21.7 Å². The maximum Gasteiger partial charge on any atom is 0.360 e. The van der Waals surface area contributed by atoms with Gasteiger partial charge in [0.1, 0.15) is 5.69 Å². The minimum absolute atomic E-state index is 0.0706. The summed E-state index contributed by atoms with van der Waals surface area (Å²) >= 11 is 0. The van der Waals surface area contributed by atoms with Gasteiger partial charge in [-0.25, -0.2) is 13.2 Å². The predicted octanol–water partition coefficient (Wildman–Crippen LogP) is 1.62. The lowest BCUT2D eigenvalue weighted by Gasteiger charge is -2.09. The van der Waals surface area contributed by atoms with E-state index in [1.807, 2.05) is 0 Å². The fraction of sp³-hybridized carbons (Fsp3) is 0.286. The molecule has 0 radical (unpaired) electrons. The number of ether oxygens (including phenoxy) is 1. The highest BCUT2D eigenvalue weighted by atomic mass is 32.2. The van der Waals surface area contributed by atoms with E-state index >= 15 is 0 Å². The number of anilines is 1. The molecule has 118 valence electrons. The van der Waals surface area contributed by atoms with Gasteiger partial charge in [-0.15, -0.1) is 0 Å². The third-order valence-corrected chi connectivity index (χ3v) is 4.60. The fourth-order valence-electron chi connectivity index (χ4n) is 1.95. The first-order chi connectivity index (χ1) is 10.3. The van der Waals surface area contributed by atoms with Gasteiger partial charge in [0.15, 0.2) is 5.69 Å². The molecule has 0 amide bonds. The minimum Gasteiger partial charge on any atom is -0.464 e. The minimum atomic E-state index is -3.82. The third-order valence-electron chi connectivity index (χ3n) is 3.25. The number of hydrogen-bond donors (Lipinski definition) is 1. The Labute approximate surface area is 129 Å². The topological polar surface area (TPSA) is 90.3 Å². The number of aryl methyl sites for hydroxylation is 2. The van der Waals surface area contributed by atoms with E-state index in [0.717, 1.165) is 5.56 Å². The number of sulfonamides is 1. The zero-order valence-electron chi connectivity index (χ0n) is 12.7. The lowest BCUT2D eigenvalue weighted by molar-refractivity contribution is 0.0594. The van der Waals surface area contributed by atoms with Crippen molar-refractivity contribution in [3.63, 3.8) is 0 Å². The monoisotopic (exact) mass is 323 g/mol. The summed E-state index contributed by atoms with van der Waals surface area (Å²) < 4.78 is 33.4. The van der Waals surface area contributed by atoms with Crippen LogP contribution >= 0.6 is 0 Å². The van der Waals surface area contributed by atoms with Crippen molar-refractivity contribution in [2.24, 2.45) is 7.05 Å². The number of benzene rings is 1. The van der Waals surface area contributed by atoms with Crippen LogP contribution in [-0.4, -0.2) is 31.3 Å². The summed E-state index contributed by atoms with van der Waals surface area (Å²) in [4.78, 5) is 11.9. The second-order valence-corrected chi connectivity index (χ2v) is 6.53. The number of esters is 1. The molecular formula is C14H17N3O4S. The Hall–Kier alpha value is -2.35. The van der Waals surface area contributed by atoms with Gasteiger partial charge in [-0.2, -0.15) is 5.10 Å². The summed E-state index contributed by atoms with van der Waals surface area (Å²) in [6, 6.07) is 6.49. The molecule has 0 aliphatic heterocycles. The van der Waals surface area contributed by atoms with Gasteiger partial charge >= 0.3 is 5.97 Å². The fourth-order valence-corrected chi connectivity index (χ4v) is 3.18. The Kier molecular flexibility index (Phi) is 4.23. The number of aromatic nitrogens is 2. The van der Waals surface area contributed by atoms with E-state index in [9.17, 15) is 13.2 Å². The van der Waals surface area contributed by atoms with Crippen molar-refractivity contribution in [2.75, 3.05) is 11.8 Å².